The standard InChI is InChI=1S/C25H31ClO6/c1-5-29-21(27)10-7-18-15-19(26)8-9-20(18)24(22(28)30-6-2)11-13-25(14-12-24)31-16-23(3,4)17-32-25/h8-9,15H,5-6,11-14,16-17H2,1-4H3. The molecular weight excluding hydrogens is 432 g/mol. The largest absolute Gasteiger partial charge is 0.465 e. The zero-order chi connectivity index (χ0) is 23.4. The van der Waals surface area contributed by atoms with Gasteiger partial charge in [0.2, 0.25) is 0 Å². The van der Waals surface area contributed by atoms with Gasteiger partial charge < -0.3 is 18.9 Å². The Bertz CT molecular complexity index is 906. The molecule has 1 aromatic carbocycles. The van der Waals surface area contributed by atoms with E-state index in [0.717, 1.165) is 0 Å². The van der Waals surface area contributed by atoms with Crippen molar-refractivity contribution in [2.45, 2.75) is 64.6 Å². The van der Waals surface area contributed by atoms with Gasteiger partial charge in [-0.15, -0.1) is 0 Å². The van der Waals surface area contributed by atoms with Gasteiger partial charge in [-0.2, -0.15) is 0 Å². The Labute approximate surface area is 194 Å². The summed E-state index contributed by atoms with van der Waals surface area (Å²) in [4.78, 5) is 25.1. The smallest absolute Gasteiger partial charge is 0.384 e. The lowest BCUT2D eigenvalue weighted by atomic mass is 9.66. The summed E-state index contributed by atoms with van der Waals surface area (Å²) < 4.78 is 22.7. The molecule has 0 N–H and O–H groups in total. The molecule has 1 aliphatic carbocycles. The maximum absolute atomic E-state index is 13.3. The topological polar surface area (TPSA) is 71.1 Å². The van der Waals surface area contributed by atoms with E-state index in [2.05, 4.69) is 25.7 Å². The Morgan fingerprint density at radius 3 is 2.25 bits per heavy atom. The lowest BCUT2D eigenvalue weighted by Crippen LogP contribution is -2.53. The highest BCUT2D eigenvalue weighted by Crippen LogP contribution is 2.49. The number of carbonyl (C=O) groups excluding carboxylic acids is 2. The van der Waals surface area contributed by atoms with E-state index in [9.17, 15) is 9.59 Å². The third-order valence-electron chi connectivity index (χ3n) is 6.06. The van der Waals surface area contributed by atoms with Crippen molar-refractivity contribution < 1.29 is 28.5 Å². The fraction of sp³-hybridized carbons (Fsp3) is 0.600. The molecule has 1 aliphatic heterocycles. The van der Waals surface area contributed by atoms with Crippen LogP contribution in [-0.2, 0) is 34.0 Å². The zero-order valence-corrected chi connectivity index (χ0v) is 20.0. The van der Waals surface area contributed by atoms with Crippen LogP contribution >= 0.6 is 11.6 Å². The normalized spacial score (nSPS) is 20.7. The van der Waals surface area contributed by atoms with E-state index in [4.69, 9.17) is 30.5 Å². The zero-order valence-electron chi connectivity index (χ0n) is 19.2. The summed E-state index contributed by atoms with van der Waals surface area (Å²) in [7, 11) is 0. The molecule has 0 atom stereocenters. The molecule has 0 bridgehead atoms. The Morgan fingerprint density at radius 1 is 1.03 bits per heavy atom. The predicted octanol–water partition coefficient (Wildman–Crippen LogP) is 4.40. The van der Waals surface area contributed by atoms with Crippen LogP contribution in [0, 0.1) is 17.3 Å². The van der Waals surface area contributed by atoms with Gasteiger partial charge >= 0.3 is 11.9 Å². The second-order valence-corrected chi connectivity index (χ2v) is 9.55. The van der Waals surface area contributed by atoms with Crippen LogP contribution in [0.4, 0.5) is 0 Å². The molecule has 0 radical (unpaired) electrons. The summed E-state index contributed by atoms with van der Waals surface area (Å²) in [5.74, 6) is 3.72. The first-order valence-corrected chi connectivity index (χ1v) is 11.5. The molecule has 1 saturated heterocycles. The maximum atomic E-state index is 13.3. The van der Waals surface area contributed by atoms with Gasteiger partial charge in [-0.3, -0.25) is 4.79 Å². The minimum Gasteiger partial charge on any atom is -0.465 e. The second kappa shape index (κ2) is 9.82. The van der Waals surface area contributed by atoms with Crippen molar-refractivity contribution in [3.8, 4) is 11.8 Å². The molecule has 2 aliphatic rings. The van der Waals surface area contributed by atoms with Gasteiger partial charge in [0.15, 0.2) is 5.79 Å². The molecule has 174 valence electrons. The van der Waals surface area contributed by atoms with Crippen LogP contribution < -0.4 is 0 Å². The van der Waals surface area contributed by atoms with E-state index < -0.39 is 17.2 Å². The number of rotatable bonds is 4. The molecule has 32 heavy (non-hydrogen) atoms. The number of halogens is 1. The first-order chi connectivity index (χ1) is 15.2. The molecule has 1 aromatic rings. The molecule has 2 fully saturated rings. The minimum absolute atomic E-state index is 0.0348. The molecule has 0 unspecified atom stereocenters. The Morgan fingerprint density at radius 2 is 1.66 bits per heavy atom. The molecule has 1 heterocycles. The second-order valence-electron chi connectivity index (χ2n) is 9.12. The Balaban J connectivity index is 1.96. The molecular formula is C25H31ClO6. The monoisotopic (exact) mass is 462 g/mol. The van der Waals surface area contributed by atoms with E-state index in [0.29, 0.717) is 55.0 Å². The molecule has 1 spiro atoms. The van der Waals surface area contributed by atoms with Gasteiger partial charge in [0.25, 0.3) is 0 Å². The summed E-state index contributed by atoms with van der Waals surface area (Å²) in [6, 6.07) is 5.20. The van der Waals surface area contributed by atoms with Gasteiger partial charge in [-0.25, -0.2) is 4.79 Å². The van der Waals surface area contributed by atoms with Crippen molar-refractivity contribution in [2.75, 3.05) is 26.4 Å². The number of carbonyl (C=O) groups is 2. The van der Waals surface area contributed by atoms with Crippen LogP contribution in [0.5, 0.6) is 0 Å². The average Bonchev–Trinajstić information content (AvgIpc) is 2.76. The predicted molar refractivity (Wildman–Crippen MR) is 120 cm³/mol. The van der Waals surface area contributed by atoms with Gasteiger partial charge in [-0.05, 0) is 44.4 Å². The third kappa shape index (κ3) is 5.28. The van der Waals surface area contributed by atoms with E-state index in [1.165, 1.54) is 0 Å². The minimum atomic E-state index is -0.926. The van der Waals surface area contributed by atoms with Gasteiger partial charge in [-0.1, -0.05) is 37.4 Å². The van der Waals surface area contributed by atoms with Crippen molar-refractivity contribution in [1.82, 2.24) is 0 Å². The van der Waals surface area contributed by atoms with Gasteiger partial charge in [0.05, 0.1) is 31.8 Å². The van der Waals surface area contributed by atoms with E-state index >= 15 is 0 Å². The van der Waals surface area contributed by atoms with E-state index in [1.54, 1.807) is 32.0 Å². The van der Waals surface area contributed by atoms with Crippen molar-refractivity contribution >= 4 is 23.5 Å². The Kier molecular flexibility index (Phi) is 7.54. The quantitative estimate of drug-likeness (QED) is 0.488. The summed E-state index contributed by atoms with van der Waals surface area (Å²) in [5, 5.41) is 0.467. The van der Waals surface area contributed by atoms with Crippen LogP contribution in [0.1, 0.15) is 64.5 Å². The summed E-state index contributed by atoms with van der Waals surface area (Å²) in [5.41, 5.74) is 0.251. The van der Waals surface area contributed by atoms with E-state index in [-0.39, 0.29) is 24.6 Å². The molecule has 6 nitrogen and oxygen atoms in total. The van der Waals surface area contributed by atoms with E-state index in [1.807, 2.05) is 0 Å². The molecule has 1 saturated carbocycles. The number of ether oxygens (including phenoxy) is 4. The van der Waals surface area contributed by atoms with Crippen molar-refractivity contribution in [3.05, 3.63) is 34.3 Å². The number of hydrogen-bond acceptors (Lipinski definition) is 6. The first-order valence-electron chi connectivity index (χ1n) is 11.1. The highest BCUT2D eigenvalue weighted by atomic mass is 35.5. The average molecular weight is 463 g/mol. The van der Waals surface area contributed by atoms with Crippen molar-refractivity contribution in [2.24, 2.45) is 5.41 Å². The summed E-state index contributed by atoms with van der Waals surface area (Å²) in [6.45, 7) is 9.43. The van der Waals surface area contributed by atoms with Crippen LogP contribution in [0.25, 0.3) is 0 Å². The van der Waals surface area contributed by atoms with Crippen LogP contribution in [0.15, 0.2) is 18.2 Å². The summed E-state index contributed by atoms with van der Waals surface area (Å²) in [6.07, 6.45) is 2.05. The van der Waals surface area contributed by atoms with Gasteiger partial charge in [0.1, 0.15) is 0 Å². The number of hydrogen-bond donors (Lipinski definition) is 0. The third-order valence-corrected chi connectivity index (χ3v) is 6.29. The number of esters is 2. The van der Waals surface area contributed by atoms with Gasteiger partial charge in [0, 0.05) is 34.8 Å². The first kappa shape index (κ1) is 24.6. The number of benzene rings is 1. The SMILES string of the molecule is CCOC(=O)C#Cc1cc(Cl)ccc1C1(C(=O)OCC)CCC2(CC1)OCC(C)(C)CO2. The van der Waals surface area contributed by atoms with Crippen LogP contribution in [0.2, 0.25) is 5.02 Å². The Hall–Kier alpha value is -2.07. The molecule has 3 rings (SSSR count). The summed E-state index contributed by atoms with van der Waals surface area (Å²) >= 11 is 6.22. The molecule has 0 amide bonds. The lowest BCUT2D eigenvalue weighted by Gasteiger charge is -2.49. The highest BCUT2D eigenvalue weighted by Gasteiger charge is 2.52. The van der Waals surface area contributed by atoms with Crippen molar-refractivity contribution in [1.29, 1.82) is 0 Å². The lowest BCUT2D eigenvalue weighted by molar-refractivity contribution is -0.313. The molecule has 7 heteroatoms. The molecule has 0 aromatic heterocycles. The van der Waals surface area contributed by atoms with Crippen LogP contribution in [-0.4, -0.2) is 44.2 Å². The van der Waals surface area contributed by atoms with Crippen LogP contribution in [0.3, 0.4) is 0 Å². The highest BCUT2D eigenvalue weighted by molar-refractivity contribution is 6.30. The van der Waals surface area contributed by atoms with Crippen molar-refractivity contribution in [3.63, 3.8) is 0 Å². The maximum Gasteiger partial charge on any atom is 0.384 e. The fourth-order valence-electron chi connectivity index (χ4n) is 4.26. The fourth-order valence-corrected chi connectivity index (χ4v) is 4.43.